The first-order chi connectivity index (χ1) is 13.9. The number of sulfonamides is 1. The molecular formula is C21H30N2O5S. The molecule has 8 heteroatoms. The minimum Gasteiger partial charge on any atom is -0.452 e. The van der Waals surface area contributed by atoms with Crippen LogP contribution in [0.1, 0.15) is 62.2 Å². The van der Waals surface area contributed by atoms with Crippen molar-refractivity contribution in [3.05, 3.63) is 29.8 Å². The number of ether oxygens (including phenoxy) is 1. The standard InChI is InChI=1S/C21H30N2O5S/c1-17-9-4-7-14-23(17)29(26,27)19-11-8-10-18(15-19)21(25)28-16-20(24)22-12-5-2-3-6-13-22/h8,10-11,15,17H,2-7,9,12-14,16H2,1H3/t17-/m1/s1. The lowest BCUT2D eigenvalue weighted by Crippen LogP contribution is -2.41. The molecule has 1 atom stereocenters. The van der Waals surface area contributed by atoms with Gasteiger partial charge in [0.25, 0.3) is 5.91 Å². The molecular weight excluding hydrogens is 392 g/mol. The van der Waals surface area contributed by atoms with Crippen molar-refractivity contribution in [3.8, 4) is 0 Å². The normalized spacial score (nSPS) is 21.4. The summed E-state index contributed by atoms with van der Waals surface area (Å²) in [5.41, 5.74) is 0.138. The van der Waals surface area contributed by atoms with E-state index in [1.54, 1.807) is 4.90 Å². The molecule has 0 radical (unpaired) electrons. The van der Waals surface area contributed by atoms with Crippen LogP contribution in [-0.2, 0) is 19.6 Å². The van der Waals surface area contributed by atoms with Crippen molar-refractivity contribution in [2.24, 2.45) is 0 Å². The van der Waals surface area contributed by atoms with Gasteiger partial charge in [-0.25, -0.2) is 13.2 Å². The van der Waals surface area contributed by atoms with Crippen LogP contribution < -0.4 is 0 Å². The summed E-state index contributed by atoms with van der Waals surface area (Å²) in [6, 6.07) is 5.83. The maximum absolute atomic E-state index is 13.0. The van der Waals surface area contributed by atoms with Crippen LogP contribution in [0.25, 0.3) is 0 Å². The van der Waals surface area contributed by atoms with Gasteiger partial charge >= 0.3 is 5.97 Å². The van der Waals surface area contributed by atoms with Crippen molar-refractivity contribution in [2.75, 3.05) is 26.2 Å². The number of benzene rings is 1. The van der Waals surface area contributed by atoms with Gasteiger partial charge in [0.15, 0.2) is 6.61 Å². The van der Waals surface area contributed by atoms with Crippen molar-refractivity contribution in [3.63, 3.8) is 0 Å². The molecule has 0 unspecified atom stereocenters. The molecule has 2 heterocycles. The Labute approximate surface area is 173 Å². The molecule has 0 aliphatic carbocycles. The van der Waals surface area contributed by atoms with Crippen LogP contribution >= 0.6 is 0 Å². The van der Waals surface area contributed by atoms with Gasteiger partial charge < -0.3 is 9.64 Å². The minimum atomic E-state index is -3.67. The van der Waals surface area contributed by atoms with Crippen LogP contribution in [0.3, 0.4) is 0 Å². The van der Waals surface area contributed by atoms with Crippen LogP contribution in [0.4, 0.5) is 0 Å². The molecule has 0 spiro atoms. The molecule has 1 amide bonds. The van der Waals surface area contributed by atoms with Crippen LogP contribution in [0, 0.1) is 0 Å². The molecule has 2 fully saturated rings. The fourth-order valence-corrected chi connectivity index (χ4v) is 5.72. The van der Waals surface area contributed by atoms with Gasteiger partial charge in [-0.1, -0.05) is 25.3 Å². The van der Waals surface area contributed by atoms with E-state index in [1.807, 2.05) is 6.92 Å². The lowest BCUT2D eigenvalue weighted by atomic mass is 10.1. The average molecular weight is 423 g/mol. The summed E-state index contributed by atoms with van der Waals surface area (Å²) in [7, 11) is -3.67. The summed E-state index contributed by atoms with van der Waals surface area (Å²) in [6.07, 6.45) is 6.85. The third-order valence-electron chi connectivity index (χ3n) is 5.70. The highest BCUT2D eigenvalue weighted by Crippen LogP contribution is 2.25. The van der Waals surface area contributed by atoms with E-state index in [1.165, 1.54) is 28.6 Å². The molecule has 0 saturated carbocycles. The maximum atomic E-state index is 13.0. The van der Waals surface area contributed by atoms with Gasteiger partial charge in [0.1, 0.15) is 0 Å². The molecule has 0 aromatic heterocycles. The molecule has 0 bridgehead atoms. The van der Waals surface area contributed by atoms with Crippen molar-refractivity contribution in [1.29, 1.82) is 0 Å². The second-order valence-corrected chi connectivity index (χ2v) is 9.75. The molecule has 0 N–H and O–H groups in total. The molecule has 29 heavy (non-hydrogen) atoms. The first-order valence-electron chi connectivity index (χ1n) is 10.5. The van der Waals surface area contributed by atoms with E-state index in [0.717, 1.165) is 44.9 Å². The maximum Gasteiger partial charge on any atom is 0.338 e. The van der Waals surface area contributed by atoms with E-state index < -0.39 is 16.0 Å². The summed E-state index contributed by atoms with van der Waals surface area (Å²) in [5.74, 6) is -0.886. The number of esters is 1. The minimum absolute atomic E-state index is 0.0596. The highest BCUT2D eigenvalue weighted by Gasteiger charge is 2.31. The van der Waals surface area contributed by atoms with Gasteiger partial charge in [-0.3, -0.25) is 4.79 Å². The van der Waals surface area contributed by atoms with Crippen LogP contribution in [0.5, 0.6) is 0 Å². The topological polar surface area (TPSA) is 84.0 Å². The van der Waals surface area contributed by atoms with E-state index in [4.69, 9.17) is 4.74 Å². The summed E-state index contributed by atoms with van der Waals surface area (Å²) >= 11 is 0. The summed E-state index contributed by atoms with van der Waals surface area (Å²) in [5, 5.41) is 0. The zero-order valence-corrected chi connectivity index (χ0v) is 17.8. The average Bonchev–Trinajstić information content (AvgIpc) is 3.01. The predicted octanol–water partition coefficient (Wildman–Crippen LogP) is 2.81. The third kappa shape index (κ3) is 5.36. The van der Waals surface area contributed by atoms with Gasteiger partial charge in [-0.2, -0.15) is 4.31 Å². The Hall–Kier alpha value is -1.93. The molecule has 3 rings (SSSR count). The second kappa shape index (κ2) is 9.71. The van der Waals surface area contributed by atoms with Crippen LogP contribution in [0.2, 0.25) is 0 Å². The molecule has 2 saturated heterocycles. The Balaban J connectivity index is 1.65. The Morgan fingerprint density at radius 3 is 2.41 bits per heavy atom. The molecule has 7 nitrogen and oxygen atoms in total. The van der Waals surface area contributed by atoms with Crippen molar-refractivity contribution < 1.29 is 22.7 Å². The highest BCUT2D eigenvalue weighted by molar-refractivity contribution is 7.89. The summed E-state index contributed by atoms with van der Waals surface area (Å²) < 4.78 is 32.7. The third-order valence-corrected chi connectivity index (χ3v) is 7.71. The summed E-state index contributed by atoms with van der Waals surface area (Å²) in [6.45, 7) is 3.46. The molecule has 1 aromatic rings. The molecule has 2 aliphatic rings. The van der Waals surface area contributed by atoms with Crippen LogP contribution in [0.15, 0.2) is 29.2 Å². The van der Waals surface area contributed by atoms with E-state index in [-0.39, 0.29) is 29.0 Å². The number of nitrogens with zero attached hydrogens (tertiary/aromatic N) is 2. The van der Waals surface area contributed by atoms with Gasteiger partial charge in [0.2, 0.25) is 10.0 Å². The number of piperidine rings is 1. The van der Waals surface area contributed by atoms with Crippen molar-refractivity contribution >= 4 is 21.9 Å². The zero-order chi connectivity index (χ0) is 20.9. The SMILES string of the molecule is C[C@@H]1CCCCN1S(=O)(=O)c1cccc(C(=O)OCC(=O)N2CCCCCC2)c1. The Morgan fingerprint density at radius 1 is 1.03 bits per heavy atom. The second-order valence-electron chi connectivity index (χ2n) is 7.86. The number of hydrogen-bond acceptors (Lipinski definition) is 5. The summed E-state index contributed by atoms with van der Waals surface area (Å²) in [4.78, 5) is 26.5. The first kappa shape index (κ1) is 21.8. The molecule has 160 valence electrons. The number of carbonyl (C=O) groups is 2. The van der Waals surface area contributed by atoms with Crippen molar-refractivity contribution in [1.82, 2.24) is 9.21 Å². The van der Waals surface area contributed by atoms with E-state index in [0.29, 0.717) is 19.6 Å². The zero-order valence-electron chi connectivity index (χ0n) is 17.0. The lowest BCUT2D eigenvalue weighted by Gasteiger charge is -2.32. The monoisotopic (exact) mass is 422 g/mol. The van der Waals surface area contributed by atoms with Gasteiger partial charge in [-0.05, 0) is 50.8 Å². The number of rotatable bonds is 5. The number of hydrogen-bond donors (Lipinski definition) is 0. The van der Waals surface area contributed by atoms with E-state index in [2.05, 4.69) is 0 Å². The van der Waals surface area contributed by atoms with Crippen molar-refractivity contribution in [2.45, 2.75) is 62.8 Å². The number of amides is 1. The largest absolute Gasteiger partial charge is 0.452 e. The predicted molar refractivity (Wildman–Crippen MR) is 109 cm³/mol. The quantitative estimate of drug-likeness (QED) is 0.682. The van der Waals surface area contributed by atoms with E-state index >= 15 is 0 Å². The van der Waals surface area contributed by atoms with Gasteiger partial charge in [0.05, 0.1) is 10.5 Å². The van der Waals surface area contributed by atoms with Crippen LogP contribution in [-0.4, -0.2) is 61.8 Å². The Kier molecular flexibility index (Phi) is 7.29. The molecule has 2 aliphatic heterocycles. The highest BCUT2D eigenvalue weighted by atomic mass is 32.2. The number of likely N-dealkylation sites (tertiary alicyclic amines) is 1. The fourth-order valence-electron chi connectivity index (χ4n) is 3.97. The molecule has 1 aromatic carbocycles. The Bertz CT molecular complexity index is 831. The van der Waals surface area contributed by atoms with Gasteiger partial charge in [-0.15, -0.1) is 0 Å². The fraction of sp³-hybridized carbons (Fsp3) is 0.619. The smallest absolute Gasteiger partial charge is 0.338 e. The lowest BCUT2D eigenvalue weighted by molar-refractivity contribution is -0.134. The van der Waals surface area contributed by atoms with Gasteiger partial charge in [0, 0.05) is 25.7 Å². The number of carbonyl (C=O) groups excluding carboxylic acids is 2. The first-order valence-corrected chi connectivity index (χ1v) is 11.9. The Morgan fingerprint density at radius 2 is 1.72 bits per heavy atom. The van der Waals surface area contributed by atoms with E-state index in [9.17, 15) is 18.0 Å².